The van der Waals surface area contributed by atoms with Crippen molar-refractivity contribution in [3.63, 3.8) is 0 Å². The number of piperazine rings is 1. The van der Waals surface area contributed by atoms with Crippen LogP contribution in [0.4, 0.5) is 0 Å². The van der Waals surface area contributed by atoms with E-state index in [1.165, 1.54) is 0 Å². The molecule has 0 radical (unpaired) electrons. The normalized spacial score (nSPS) is 15.2. The molecule has 0 atom stereocenters. The van der Waals surface area contributed by atoms with Gasteiger partial charge in [0.2, 0.25) is 5.91 Å². The molecule has 0 spiro atoms. The van der Waals surface area contributed by atoms with Crippen molar-refractivity contribution >= 4 is 33.8 Å². The van der Waals surface area contributed by atoms with Gasteiger partial charge in [-0.3, -0.25) is 9.69 Å². The van der Waals surface area contributed by atoms with E-state index in [9.17, 15) is 4.79 Å². The Balaban J connectivity index is 1.23. The summed E-state index contributed by atoms with van der Waals surface area (Å²) in [6.45, 7) is 10.4. The summed E-state index contributed by atoms with van der Waals surface area (Å²) in [4.78, 5) is 26.7. The van der Waals surface area contributed by atoms with Gasteiger partial charge in [0.25, 0.3) is 0 Å². The van der Waals surface area contributed by atoms with E-state index in [1.54, 1.807) is 11.3 Å². The van der Waals surface area contributed by atoms with Gasteiger partial charge in [-0.2, -0.15) is 5.10 Å². The predicted molar refractivity (Wildman–Crippen MR) is 127 cm³/mol. The zero-order valence-electron chi connectivity index (χ0n) is 18.8. The zero-order valence-corrected chi connectivity index (χ0v) is 19.7. The van der Waals surface area contributed by atoms with Gasteiger partial charge in [0, 0.05) is 61.3 Å². The number of thiazole rings is 1. The van der Waals surface area contributed by atoms with Gasteiger partial charge in [-0.05, 0) is 44.9 Å². The van der Waals surface area contributed by atoms with E-state index in [0.717, 1.165) is 76.9 Å². The molecule has 1 aliphatic rings. The molecule has 1 amide bonds. The second-order valence-corrected chi connectivity index (χ2v) is 9.59. The Labute approximate surface area is 191 Å². The quantitative estimate of drug-likeness (QED) is 0.467. The number of carbonyl (C=O) groups excluding carboxylic acids is 1. The lowest BCUT2D eigenvalue weighted by Crippen LogP contribution is -2.48. The van der Waals surface area contributed by atoms with Crippen molar-refractivity contribution < 1.29 is 4.79 Å². The number of hydrogen-bond acceptors (Lipinski definition) is 6. The highest BCUT2D eigenvalue weighted by atomic mass is 32.1. The summed E-state index contributed by atoms with van der Waals surface area (Å²) in [7, 11) is 0. The monoisotopic (exact) mass is 448 g/mol. The van der Waals surface area contributed by atoms with Crippen molar-refractivity contribution in [3.8, 4) is 0 Å². The van der Waals surface area contributed by atoms with Crippen molar-refractivity contribution in [1.82, 2.24) is 29.4 Å². The number of rotatable bonds is 5. The molecule has 0 saturated carbocycles. The van der Waals surface area contributed by atoms with Crippen LogP contribution in [-0.2, 0) is 17.8 Å². The molecule has 1 aliphatic heterocycles. The van der Waals surface area contributed by atoms with Gasteiger partial charge in [0.15, 0.2) is 5.65 Å². The fourth-order valence-electron chi connectivity index (χ4n) is 4.59. The average molecular weight is 449 g/mol. The molecule has 166 valence electrons. The van der Waals surface area contributed by atoms with Crippen LogP contribution in [0.15, 0.2) is 29.6 Å². The van der Waals surface area contributed by atoms with Crippen LogP contribution in [-0.4, -0.2) is 61.5 Å². The van der Waals surface area contributed by atoms with Crippen LogP contribution >= 0.6 is 11.3 Å². The summed E-state index contributed by atoms with van der Waals surface area (Å²) >= 11 is 1.69. The minimum atomic E-state index is 0.221. The third kappa shape index (κ3) is 4.00. The number of hydrogen-bond donors (Lipinski definition) is 0. The largest absolute Gasteiger partial charge is 0.340 e. The van der Waals surface area contributed by atoms with E-state index in [1.807, 2.05) is 41.5 Å². The molecule has 32 heavy (non-hydrogen) atoms. The minimum absolute atomic E-state index is 0.221. The molecule has 0 unspecified atom stereocenters. The summed E-state index contributed by atoms with van der Waals surface area (Å²) in [5.74, 6) is 0.221. The highest BCUT2D eigenvalue weighted by Gasteiger charge is 2.22. The molecule has 0 aliphatic carbocycles. The maximum atomic E-state index is 12.9. The Morgan fingerprint density at radius 2 is 1.84 bits per heavy atom. The lowest BCUT2D eigenvalue weighted by molar-refractivity contribution is -0.133. The molecule has 1 aromatic carbocycles. The first-order chi connectivity index (χ1) is 15.5. The van der Waals surface area contributed by atoms with Gasteiger partial charge in [0.05, 0.1) is 16.2 Å². The fraction of sp³-hybridized carbons (Fsp3) is 0.417. The SMILES string of the molecule is Cc1nc(CN2CCN(C(=O)CCc3c(C)nc4c5ccccc5nn4c3C)CC2)cs1. The lowest BCUT2D eigenvalue weighted by atomic mass is 10.1. The van der Waals surface area contributed by atoms with Crippen LogP contribution in [0.2, 0.25) is 0 Å². The highest BCUT2D eigenvalue weighted by molar-refractivity contribution is 7.09. The van der Waals surface area contributed by atoms with Gasteiger partial charge in [0.1, 0.15) is 0 Å². The van der Waals surface area contributed by atoms with Crippen LogP contribution < -0.4 is 0 Å². The van der Waals surface area contributed by atoms with Gasteiger partial charge in [-0.1, -0.05) is 12.1 Å². The Morgan fingerprint density at radius 1 is 1.06 bits per heavy atom. The number of nitrogens with zero attached hydrogens (tertiary/aromatic N) is 6. The smallest absolute Gasteiger partial charge is 0.222 e. The first-order valence-electron chi connectivity index (χ1n) is 11.1. The predicted octanol–water partition coefficient (Wildman–Crippen LogP) is 3.54. The molecular formula is C24H28N6OS. The van der Waals surface area contributed by atoms with Crippen molar-refractivity contribution in [2.45, 2.75) is 40.2 Å². The lowest BCUT2D eigenvalue weighted by Gasteiger charge is -2.34. The highest BCUT2D eigenvalue weighted by Crippen LogP contribution is 2.23. The van der Waals surface area contributed by atoms with E-state index < -0.39 is 0 Å². The molecule has 3 aromatic heterocycles. The van der Waals surface area contributed by atoms with Crippen LogP contribution in [0, 0.1) is 20.8 Å². The second-order valence-electron chi connectivity index (χ2n) is 8.53. The molecule has 8 heteroatoms. The Bertz CT molecular complexity index is 1280. The molecule has 4 heterocycles. The molecule has 7 nitrogen and oxygen atoms in total. The zero-order chi connectivity index (χ0) is 22.2. The maximum absolute atomic E-state index is 12.9. The molecule has 0 N–H and O–H groups in total. The Morgan fingerprint density at radius 3 is 2.59 bits per heavy atom. The number of carbonyl (C=O) groups is 1. The third-order valence-corrected chi connectivity index (χ3v) is 7.21. The number of benzene rings is 1. The fourth-order valence-corrected chi connectivity index (χ4v) is 5.20. The summed E-state index contributed by atoms with van der Waals surface area (Å²) in [5, 5.41) is 9.03. The first-order valence-corrected chi connectivity index (χ1v) is 12.0. The molecule has 1 fully saturated rings. The average Bonchev–Trinajstić information content (AvgIpc) is 3.37. The number of aryl methyl sites for hydroxylation is 3. The van der Waals surface area contributed by atoms with Crippen molar-refractivity contribution in [2.75, 3.05) is 26.2 Å². The van der Waals surface area contributed by atoms with E-state index in [0.29, 0.717) is 12.8 Å². The summed E-state index contributed by atoms with van der Waals surface area (Å²) in [6.07, 6.45) is 1.19. The Kier molecular flexibility index (Phi) is 5.65. The van der Waals surface area contributed by atoms with Crippen LogP contribution in [0.3, 0.4) is 0 Å². The summed E-state index contributed by atoms with van der Waals surface area (Å²) < 4.78 is 1.93. The molecule has 4 aromatic rings. The van der Waals surface area contributed by atoms with Crippen molar-refractivity contribution in [2.24, 2.45) is 0 Å². The van der Waals surface area contributed by atoms with Gasteiger partial charge >= 0.3 is 0 Å². The van der Waals surface area contributed by atoms with Crippen molar-refractivity contribution in [3.05, 3.63) is 57.3 Å². The number of aromatic nitrogens is 4. The van der Waals surface area contributed by atoms with E-state index in [2.05, 4.69) is 28.3 Å². The van der Waals surface area contributed by atoms with Gasteiger partial charge in [-0.25, -0.2) is 14.5 Å². The molecule has 0 bridgehead atoms. The van der Waals surface area contributed by atoms with Crippen LogP contribution in [0.5, 0.6) is 0 Å². The second kappa shape index (κ2) is 8.60. The van der Waals surface area contributed by atoms with E-state index in [4.69, 9.17) is 10.1 Å². The number of fused-ring (bicyclic) bond motifs is 3. The number of amides is 1. The maximum Gasteiger partial charge on any atom is 0.222 e. The molecule has 5 rings (SSSR count). The topological polar surface area (TPSA) is 66.6 Å². The van der Waals surface area contributed by atoms with Crippen LogP contribution in [0.1, 0.15) is 34.1 Å². The first kappa shape index (κ1) is 21.0. The van der Waals surface area contributed by atoms with E-state index in [-0.39, 0.29) is 5.91 Å². The third-order valence-electron chi connectivity index (χ3n) is 6.38. The standard InChI is InChI=1S/C24H28N6OS/c1-16-20(17(2)30-24(25-16)21-6-4-5-7-22(21)27-30)8-9-23(31)29-12-10-28(11-13-29)14-19-15-32-18(3)26-19/h4-7,15H,8-14H2,1-3H3. The van der Waals surface area contributed by atoms with Gasteiger partial charge < -0.3 is 4.90 Å². The minimum Gasteiger partial charge on any atom is -0.340 e. The van der Waals surface area contributed by atoms with Gasteiger partial charge in [-0.15, -0.1) is 11.3 Å². The van der Waals surface area contributed by atoms with Crippen molar-refractivity contribution in [1.29, 1.82) is 0 Å². The van der Waals surface area contributed by atoms with E-state index >= 15 is 0 Å². The Hall–Kier alpha value is -2.84. The summed E-state index contributed by atoms with van der Waals surface area (Å²) in [5.41, 5.74) is 6.14. The molecular weight excluding hydrogens is 420 g/mol. The van der Waals surface area contributed by atoms with Crippen LogP contribution in [0.25, 0.3) is 16.6 Å². The molecule has 1 saturated heterocycles. The summed E-state index contributed by atoms with van der Waals surface area (Å²) in [6, 6.07) is 8.08.